The van der Waals surface area contributed by atoms with Crippen LogP contribution in [0.3, 0.4) is 0 Å². The van der Waals surface area contributed by atoms with Crippen molar-refractivity contribution >= 4 is 11.8 Å². The Kier molecular flexibility index (Phi) is 4.49. The van der Waals surface area contributed by atoms with Crippen molar-refractivity contribution in [3.63, 3.8) is 0 Å². The molecule has 0 saturated carbocycles. The molecule has 0 unspecified atom stereocenters. The number of likely N-dealkylation sites (tertiary alicyclic amines) is 1. The van der Waals surface area contributed by atoms with Crippen LogP contribution in [0, 0.1) is 0 Å². The van der Waals surface area contributed by atoms with Gasteiger partial charge in [0.25, 0.3) is 0 Å². The van der Waals surface area contributed by atoms with E-state index >= 15 is 0 Å². The number of aromatic hydroxyl groups is 1. The van der Waals surface area contributed by atoms with Gasteiger partial charge < -0.3 is 20.1 Å². The average Bonchev–Trinajstić information content (AvgIpc) is 2.40. The molecule has 2 N–H and O–H groups in total. The second-order valence-corrected chi connectivity index (χ2v) is 4.65. The number of rotatable bonds is 3. The second kappa shape index (κ2) is 6.31. The van der Waals surface area contributed by atoms with Crippen LogP contribution in [0.4, 0.5) is 10.5 Å². The molecular weight excluding hydrogens is 244 g/mol. The van der Waals surface area contributed by atoms with E-state index in [1.54, 1.807) is 17.0 Å². The first kappa shape index (κ1) is 13.5. The number of nitrogens with one attached hydrogen (secondary N) is 1. The number of hydrogen-bond acceptors (Lipinski definition) is 4. The lowest BCUT2D eigenvalue weighted by Gasteiger charge is -2.32. The van der Waals surface area contributed by atoms with Gasteiger partial charge in [-0.05, 0) is 31.9 Å². The topological polar surface area (TPSA) is 61.8 Å². The molecule has 1 fully saturated rings. The maximum atomic E-state index is 11.6. The van der Waals surface area contributed by atoms with Crippen LogP contribution in [0.15, 0.2) is 24.3 Å². The number of carbonyl (C=O) groups is 1. The molecule has 5 nitrogen and oxygen atoms in total. The monoisotopic (exact) mass is 264 g/mol. The van der Waals surface area contributed by atoms with Gasteiger partial charge in [0.15, 0.2) is 0 Å². The molecule has 0 aliphatic carbocycles. The molecule has 1 saturated heterocycles. The zero-order valence-electron chi connectivity index (χ0n) is 11.1. The molecule has 0 atom stereocenters. The summed E-state index contributed by atoms with van der Waals surface area (Å²) in [6.45, 7) is 3.64. The Hall–Kier alpha value is -1.91. The second-order valence-electron chi connectivity index (χ2n) is 4.65. The van der Waals surface area contributed by atoms with Gasteiger partial charge in [-0.1, -0.05) is 6.07 Å². The number of phenolic OH excluding ortho intramolecular Hbond substituents is 1. The van der Waals surface area contributed by atoms with Crippen LogP contribution in [-0.2, 0) is 4.74 Å². The summed E-state index contributed by atoms with van der Waals surface area (Å²) in [5.41, 5.74) is 0.912. The number of benzene rings is 1. The fourth-order valence-corrected chi connectivity index (χ4v) is 2.25. The maximum Gasteiger partial charge on any atom is 0.409 e. The lowest BCUT2D eigenvalue weighted by molar-refractivity contribution is 0.0983. The van der Waals surface area contributed by atoms with Gasteiger partial charge in [-0.15, -0.1) is 0 Å². The van der Waals surface area contributed by atoms with Crippen LogP contribution in [0.5, 0.6) is 5.75 Å². The fraction of sp³-hybridized carbons (Fsp3) is 0.500. The van der Waals surface area contributed by atoms with Crippen molar-refractivity contribution in [1.29, 1.82) is 0 Å². The third-order valence-corrected chi connectivity index (χ3v) is 3.24. The number of piperidine rings is 1. The quantitative estimate of drug-likeness (QED) is 0.880. The molecule has 0 radical (unpaired) electrons. The van der Waals surface area contributed by atoms with Crippen molar-refractivity contribution in [2.24, 2.45) is 0 Å². The molecule has 1 amide bonds. The summed E-state index contributed by atoms with van der Waals surface area (Å²) < 4.78 is 4.98. The minimum absolute atomic E-state index is 0.224. The van der Waals surface area contributed by atoms with Gasteiger partial charge in [0.05, 0.1) is 6.61 Å². The van der Waals surface area contributed by atoms with Crippen molar-refractivity contribution < 1.29 is 14.6 Å². The molecule has 0 aromatic heterocycles. The zero-order chi connectivity index (χ0) is 13.7. The van der Waals surface area contributed by atoms with Crippen LogP contribution in [0.1, 0.15) is 19.8 Å². The summed E-state index contributed by atoms with van der Waals surface area (Å²) in [5, 5.41) is 12.8. The number of phenols is 1. The Morgan fingerprint density at radius 3 is 2.84 bits per heavy atom. The summed E-state index contributed by atoms with van der Waals surface area (Å²) in [6, 6.07) is 7.42. The summed E-state index contributed by atoms with van der Waals surface area (Å²) >= 11 is 0. The number of anilines is 1. The minimum Gasteiger partial charge on any atom is -0.508 e. The van der Waals surface area contributed by atoms with Gasteiger partial charge in [-0.2, -0.15) is 0 Å². The summed E-state index contributed by atoms with van der Waals surface area (Å²) in [4.78, 5) is 13.3. The fourth-order valence-electron chi connectivity index (χ4n) is 2.25. The van der Waals surface area contributed by atoms with Crippen LogP contribution in [0.2, 0.25) is 0 Å². The van der Waals surface area contributed by atoms with Gasteiger partial charge >= 0.3 is 6.09 Å². The number of hydrogen-bond donors (Lipinski definition) is 2. The highest BCUT2D eigenvalue weighted by atomic mass is 16.6. The SMILES string of the molecule is CCOC(=O)N1CCC(Nc2cccc(O)c2)CC1. The number of ether oxygens (including phenoxy) is 1. The van der Waals surface area contributed by atoms with Gasteiger partial charge in [-0.25, -0.2) is 4.79 Å². The Balaban J connectivity index is 1.82. The van der Waals surface area contributed by atoms with Gasteiger partial charge in [0.1, 0.15) is 5.75 Å². The Bertz CT molecular complexity index is 428. The number of amides is 1. The van der Waals surface area contributed by atoms with Crippen LogP contribution in [0.25, 0.3) is 0 Å². The van der Waals surface area contributed by atoms with Crippen LogP contribution in [-0.4, -0.2) is 41.8 Å². The molecule has 0 bridgehead atoms. The summed E-state index contributed by atoms with van der Waals surface area (Å²) in [6.07, 6.45) is 1.54. The average molecular weight is 264 g/mol. The van der Waals surface area contributed by atoms with E-state index in [4.69, 9.17) is 4.74 Å². The summed E-state index contributed by atoms with van der Waals surface area (Å²) in [5.74, 6) is 0.258. The predicted molar refractivity (Wildman–Crippen MR) is 73.3 cm³/mol. The van der Waals surface area contributed by atoms with Crippen LogP contribution < -0.4 is 5.32 Å². The van der Waals surface area contributed by atoms with Crippen molar-refractivity contribution in [1.82, 2.24) is 4.90 Å². The first-order valence-electron chi connectivity index (χ1n) is 6.66. The number of carbonyl (C=O) groups excluding carboxylic acids is 1. The van der Waals surface area contributed by atoms with Crippen molar-refractivity contribution in [2.45, 2.75) is 25.8 Å². The van der Waals surface area contributed by atoms with E-state index in [-0.39, 0.29) is 11.8 Å². The highest BCUT2D eigenvalue weighted by Gasteiger charge is 2.23. The van der Waals surface area contributed by atoms with Crippen molar-refractivity contribution in [3.8, 4) is 5.75 Å². The van der Waals surface area contributed by atoms with Gasteiger partial charge in [0.2, 0.25) is 0 Å². The molecule has 0 spiro atoms. The molecule has 19 heavy (non-hydrogen) atoms. The third-order valence-electron chi connectivity index (χ3n) is 3.24. The molecule has 1 heterocycles. The highest BCUT2D eigenvalue weighted by Crippen LogP contribution is 2.20. The maximum absolute atomic E-state index is 11.6. The van der Waals surface area contributed by atoms with Gasteiger partial charge in [0, 0.05) is 30.9 Å². The molecule has 1 aliphatic rings. The predicted octanol–water partition coefficient (Wildman–Crippen LogP) is 2.43. The van der Waals surface area contributed by atoms with Crippen LogP contribution >= 0.6 is 0 Å². The van der Waals surface area contributed by atoms with Crippen molar-refractivity contribution in [2.75, 3.05) is 25.0 Å². The Labute approximate surface area is 113 Å². The van der Waals surface area contributed by atoms with E-state index in [0.717, 1.165) is 18.5 Å². The van der Waals surface area contributed by atoms with E-state index < -0.39 is 0 Å². The van der Waals surface area contributed by atoms with E-state index in [0.29, 0.717) is 25.7 Å². The highest BCUT2D eigenvalue weighted by molar-refractivity contribution is 5.67. The molecule has 5 heteroatoms. The normalized spacial score (nSPS) is 16.2. The zero-order valence-corrected chi connectivity index (χ0v) is 11.1. The minimum atomic E-state index is -0.224. The largest absolute Gasteiger partial charge is 0.508 e. The summed E-state index contributed by atoms with van der Waals surface area (Å²) in [7, 11) is 0. The van der Waals surface area contributed by atoms with Gasteiger partial charge in [-0.3, -0.25) is 0 Å². The molecule has 1 aromatic carbocycles. The first-order chi connectivity index (χ1) is 9.19. The number of nitrogens with zero attached hydrogens (tertiary/aromatic N) is 1. The standard InChI is InChI=1S/C14H20N2O3/c1-2-19-14(18)16-8-6-11(7-9-16)15-12-4-3-5-13(17)10-12/h3-5,10-11,15,17H,2,6-9H2,1H3. The van der Waals surface area contributed by atoms with Crippen molar-refractivity contribution in [3.05, 3.63) is 24.3 Å². The third kappa shape index (κ3) is 3.77. The van der Waals surface area contributed by atoms with E-state index in [2.05, 4.69) is 5.32 Å². The molecule has 1 aliphatic heterocycles. The smallest absolute Gasteiger partial charge is 0.409 e. The van der Waals surface area contributed by atoms with E-state index in [1.807, 2.05) is 19.1 Å². The Morgan fingerprint density at radius 1 is 1.47 bits per heavy atom. The molecular formula is C14H20N2O3. The first-order valence-corrected chi connectivity index (χ1v) is 6.66. The lowest BCUT2D eigenvalue weighted by Crippen LogP contribution is -2.42. The molecule has 1 aromatic rings. The Morgan fingerprint density at radius 2 is 2.21 bits per heavy atom. The van der Waals surface area contributed by atoms with E-state index in [1.165, 1.54) is 0 Å². The molecule has 2 rings (SSSR count). The lowest BCUT2D eigenvalue weighted by atomic mass is 10.1. The molecule has 104 valence electrons. The van der Waals surface area contributed by atoms with E-state index in [9.17, 15) is 9.90 Å².